The lowest BCUT2D eigenvalue weighted by molar-refractivity contribution is -0.119. The molecular formula is C17H13ClN2O3. The first-order valence-corrected chi connectivity index (χ1v) is 7.10. The molecule has 1 N–H and O–H groups in total. The number of nitrogens with one attached hydrogen (secondary N) is 1. The highest BCUT2D eigenvalue weighted by Gasteiger charge is 2.11. The second kappa shape index (κ2) is 7.43. The van der Waals surface area contributed by atoms with Crippen LogP contribution in [0, 0.1) is 18.3 Å². The van der Waals surface area contributed by atoms with Crippen LogP contribution in [0.15, 0.2) is 42.5 Å². The summed E-state index contributed by atoms with van der Waals surface area (Å²) >= 11 is 5.84. The van der Waals surface area contributed by atoms with Gasteiger partial charge in [0.1, 0.15) is 0 Å². The molecule has 1 amide bonds. The number of esters is 1. The predicted octanol–water partition coefficient (Wildman–Crippen LogP) is 3.32. The van der Waals surface area contributed by atoms with E-state index in [2.05, 4.69) is 5.32 Å². The zero-order valence-electron chi connectivity index (χ0n) is 12.3. The van der Waals surface area contributed by atoms with Crippen LogP contribution in [-0.4, -0.2) is 18.5 Å². The summed E-state index contributed by atoms with van der Waals surface area (Å²) in [6.07, 6.45) is 0. The van der Waals surface area contributed by atoms with Crippen LogP contribution in [0.2, 0.25) is 5.02 Å². The molecule has 5 nitrogen and oxygen atoms in total. The van der Waals surface area contributed by atoms with Crippen molar-refractivity contribution in [3.63, 3.8) is 0 Å². The fraction of sp³-hybridized carbons (Fsp3) is 0.118. The van der Waals surface area contributed by atoms with Gasteiger partial charge in [0.15, 0.2) is 6.61 Å². The van der Waals surface area contributed by atoms with Crippen molar-refractivity contribution in [3.8, 4) is 6.07 Å². The van der Waals surface area contributed by atoms with Crippen LogP contribution in [0.25, 0.3) is 0 Å². The molecule has 0 saturated carbocycles. The molecule has 0 heterocycles. The number of ether oxygens (including phenoxy) is 1. The van der Waals surface area contributed by atoms with Gasteiger partial charge in [0.05, 0.1) is 17.2 Å². The zero-order valence-corrected chi connectivity index (χ0v) is 13.1. The van der Waals surface area contributed by atoms with Gasteiger partial charge in [-0.2, -0.15) is 5.26 Å². The monoisotopic (exact) mass is 328 g/mol. The summed E-state index contributed by atoms with van der Waals surface area (Å²) in [6.45, 7) is 1.41. The number of carbonyl (C=O) groups excluding carboxylic acids is 2. The Morgan fingerprint density at radius 1 is 1.22 bits per heavy atom. The van der Waals surface area contributed by atoms with Gasteiger partial charge in [0, 0.05) is 10.7 Å². The van der Waals surface area contributed by atoms with Crippen molar-refractivity contribution in [2.45, 2.75) is 6.92 Å². The van der Waals surface area contributed by atoms with E-state index in [1.54, 1.807) is 18.2 Å². The van der Waals surface area contributed by atoms with E-state index in [-0.39, 0.29) is 5.56 Å². The maximum absolute atomic E-state index is 11.8. The summed E-state index contributed by atoms with van der Waals surface area (Å²) in [4.78, 5) is 23.6. The number of rotatable bonds is 4. The fourth-order valence-corrected chi connectivity index (χ4v) is 2.08. The summed E-state index contributed by atoms with van der Waals surface area (Å²) in [5.41, 5.74) is 2.13. The molecule has 0 fully saturated rings. The molecule has 6 heteroatoms. The molecule has 116 valence electrons. The molecule has 0 aromatic heterocycles. The Morgan fingerprint density at radius 3 is 2.52 bits per heavy atom. The number of nitriles is 1. The van der Waals surface area contributed by atoms with Crippen LogP contribution in [-0.2, 0) is 9.53 Å². The van der Waals surface area contributed by atoms with E-state index >= 15 is 0 Å². The highest BCUT2D eigenvalue weighted by atomic mass is 35.5. The molecule has 0 spiro atoms. The van der Waals surface area contributed by atoms with Gasteiger partial charge in [-0.05, 0) is 55.0 Å². The lowest BCUT2D eigenvalue weighted by Crippen LogP contribution is -2.21. The van der Waals surface area contributed by atoms with Gasteiger partial charge in [-0.1, -0.05) is 11.6 Å². The van der Waals surface area contributed by atoms with E-state index in [1.165, 1.54) is 24.3 Å². The van der Waals surface area contributed by atoms with Gasteiger partial charge in [0.2, 0.25) is 0 Å². The first-order chi connectivity index (χ1) is 11.0. The van der Waals surface area contributed by atoms with Crippen molar-refractivity contribution < 1.29 is 14.3 Å². The minimum absolute atomic E-state index is 0.277. The van der Waals surface area contributed by atoms with Crippen molar-refractivity contribution in [2.24, 2.45) is 0 Å². The minimum atomic E-state index is -0.627. The molecule has 23 heavy (non-hydrogen) atoms. The number of benzene rings is 2. The Balaban J connectivity index is 1.90. The third-order valence-corrected chi connectivity index (χ3v) is 3.28. The third kappa shape index (κ3) is 4.56. The number of amides is 1. The van der Waals surface area contributed by atoms with Gasteiger partial charge in [-0.3, -0.25) is 4.79 Å². The van der Waals surface area contributed by atoms with Gasteiger partial charge in [0.25, 0.3) is 5.91 Å². The quantitative estimate of drug-likeness (QED) is 0.873. The van der Waals surface area contributed by atoms with Crippen LogP contribution in [0.1, 0.15) is 21.5 Å². The van der Waals surface area contributed by atoms with Gasteiger partial charge >= 0.3 is 5.97 Å². The number of anilines is 1. The maximum atomic E-state index is 11.8. The van der Waals surface area contributed by atoms with Crippen molar-refractivity contribution >= 4 is 29.2 Å². The fourth-order valence-electron chi connectivity index (χ4n) is 1.85. The lowest BCUT2D eigenvalue weighted by atomic mass is 10.1. The topological polar surface area (TPSA) is 79.2 Å². The first-order valence-electron chi connectivity index (χ1n) is 6.73. The van der Waals surface area contributed by atoms with E-state index in [4.69, 9.17) is 21.6 Å². The van der Waals surface area contributed by atoms with Gasteiger partial charge in [-0.25, -0.2) is 4.79 Å². The molecule has 0 unspecified atom stereocenters. The number of carbonyl (C=O) groups is 2. The van der Waals surface area contributed by atoms with Crippen molar-refractivity contribution in [1.82, 2.24) is 0 Å². The molecule has 0 radical (unpaired) electrons. The third-order valence-electron chi connectivity index (χ3n) is 3.05. The Bertz CT molecular complexity index is 779. The lowest BCUT2D eigenvalue weighted by Gasteiger charge is -2.09. The Labute approximate surface area is 138 Å². The number of nitrogens with zero attached hydrogens (tertiary/aromatic N) is 1. The van der Waals surface area contributed by atoms with Gasteiger partial charge in [-0.15, -0.1) is 0 Å². The summed E-state index contributed by atoms with van der Waals surface area (Å²) in [5.74, 6) is -1.07. The smallest absolute Gasteiger partial charge is 0.338 e. The zero-order chi connectivity index (χ0) is 16.8. The van der Waals surface area contributed by atoms with Crippen molar-refractivity contribution in [3.05, 3.63) is 64.2 Å². The summed E-state index contributed by atoms with van der Waals surface area (Å²) in [6, 6.07) is 13.0. The molecule has 0 bridgehead atoms. The summed E-state index contributed by atoms with van der Waals surface area (Å²) in [7, 11) is 0. The maximum Gasteiger partial charge on any atom is 0.338 e. The largest absolute Gasteiger partial charge is 0.452 e. The molecule has 2 aromatic rings. The first kappa shape index (κ1) is 16.5. The van der Waals surface area contributed by atoms with Crippen molar-refractivity contribution in [2.75, 3.05) is 11.9 Å². The van der Waals surface area contributed by atoms with Crippen LogP contribution < -0.4 is 5.32 Å². The highest BCUT2D eigenvalue weighted by Crippen LogP contribution is 2.19. The van der Waals surface area contributed by atoms with Crippen LogP contribution >= 0.6 is 11.6 Å². The molecule has 0 saturated heterocycles. The summed E-state index contributed by atoms with van der Waals surface area (Å²) < 4.78 is 4.94. The minimum Gasteiger partial charge on any atom is -0.452 e. The van der Waals surface area contributed by atoms with E-state index in [0.717, 1.165) is 5.56 Å². The normalized spacial score (nSPS) is 9.78. The van der Waals surface area contributed by atoms with E-state index in [9.17, 15) is 9.59 Å². The van der Waals surface area contributed by atoms with Crippen LogP contribution in [0.5, 0.6) is 0 Å². The van der Waals surface area contributed by atoms with E-state index in [1.807, 2.05) is 13.0 Å². The molecule has 0 aliphatic rings. The predicted molar refractivity (Wildman–Crippen MR) is 86.3 cm³/mol. The number of hydrogen-bond acceptors (Lipinski definition) is 4. The van der Waals surface area contributed by atoms with Crippen LogP contribution in [0.3, 0.4) is 0 Å². The molecule has 2 rings (SSSR count). The number of aryl methyl sites for hydroxylation is 1. The molecular weight excluding hydrogens is 316 g/mol. The van der Waals surface area contributed by atoms with E-state index < -0.39 is 18.5 Å². The Hall–Kier alpha value is -2.84. The molecule has 0 atom stereocenters. The molecule has 0 aliphatic heterocycles. The SMILES string of the molecule is Cc1cc(Cl)ccc1NC(=O)COC(=O)c1ccc(C#N)cc1. The van der Waals surface area contributed by atoms with E-state index in [0.29, 0.717) is 16.3 Å². The second-order valence-corrected chi connectivity index (χ2v) is 5.21. The average Bonchev–Trinajstić information content (AvgIpc) is 2.55. The highest BCUT2D eigenvalue weighted by molar-refractivity contribution is 6.30. The Morgan fingerprint density at radius 2 is 1.91 bits per heavy atom. The summed E-state index contributed by atoms with van der Waals surface area (Å²) in [5, 5.41) is 11.9. The Kier molecular flexibility index (Phi) is 5.34. The number of halogens is 1. The molecule has 2 aromatic carbocycles. The van der Waals surface area contributed by atoms with Crippen LogP contribution in [0.4, 0.5) is 5.69 Å². The van der Waals surface area contributed by atoms with Gasteiger partial charge < -0.3 is 10.1 Å². The number of hydrogen-bond donors (Lipinski definition) is 1. The average molecular weight is 329 g/mol. The molecule has 0 aliphatic carbocycles. The van der Waals surface area contributed by atoms with Crippen molar-refractivity contribution in [1.29, 1.82) is 5.26 Å². The standard InChI is InChI=1S/C17H13ClN2O3/c1-11-8-14(18)6-7-15(11)20-16(21)10-23-17(22)13-4-2-12(9-19)3-5-13/h2-8H,10H2,1H3,(H,20,21). The second-order valence-electron chi connectivity index (χ2n) is 4.77.